The molecule has 0 bridgehead atoms. The summed E-state index contributed by atoms with van der Waals surface area (Å²) >= 11 is 0. The molecule has 4 rings (SSSR count). The summed E-state index contributed by atoms with van der Waals surface area (Å²) in [5.74, 6) is -2.99. The summed E-state index contributed by atoms with van der Waals surface area (Å²) in [6.07, 6.45) is 4.12. The van der Waals surface area contributed by atoms with E-state index in [1.165, 1.54) is 12.4 Å². The highest BCUT2D eigenvalue weighted by atomic mass is 19.3. The average molecular weight is 556 g/mol. The molecule has 3 unspecified atom stereocenters. The Kier molecular flexibility index (Phi) is 10.3. The maximum atomic E-state index is 13.5. The fraction of sp³-hybridized carbons (Fsp3) is 0.533. The highest BCUT2D eigenvalue weighted by molar-refractivity contribution is 5.87. The quantitative estimate of drug-likeness (QED) is 0.461. The Bertz CT molecular complexity index is 1180. The first-order chi connectivity index (χ1) is 18.8. The average Bonchev–Trinajstić information content (AvgIpc) is 3.35. The molecule has 0 spiro atoms. The molecule has 1 aromatic heterocycles. The van der Waals surface area contributed by atoms with Crippen molar-refractivity contribution in [3.05, 3.63) is 59.4 Å². The van der Waals surface area contributed by atoms with Gasteiger partial charge >= 0.3 is 0 Å². The lowest BCUT2D eigenvalue weighted by Gasteiger charge is -2.34. The van der Waals surface area contributed by atoms with E-state index in [2.05, 4.69) is 42.5 Å². The van der Waals surface area contributed by atoms with Crippen LogP contribution in [0.4, 0.5) is 14.5 Å². The zero-order chi connectivity index (χ0) is 29.5. The standard InChI is InChI=1S/C25H30F2N4O.C5H9NO2/c1-24(2,3)18-5-7-20(8-6-18)31(4)22(21-16-29-14-11-17(21)15-28)23(32)30-19-9-12-25(26,27)13-10-19;7-3-4-1-5(8)2-6-4/h5-8,11,14,16,19,22H,9-10,12-13H2,1-4H3,(H,30,32);3-6,8H,1-2H2. The van der Waals surface area contributed by atoms with Crippen molar-refractivity contribution in [1.82, 2.24) is 15.6 Å². The molecule has 1 aliphatic heterocycles. The number of carbonyl (C=O) groups excluding carboxylic acids is 2. The van der Waals surface area contributed by atoms with Gasteiger partial charge in [0, 0.05) is 56.1 Å². The van der Waals surface area contributed by atoms with Crippen molar-refractivity contribution in [2.45, 2.75) is 88.4 Å². The van der Waals surface area contributed by atoms with Crippen LogP contribution >= 0.6 is 0 Å². The molecule has 2 fully saturated rings. The van der Waals surface area contributed by atoms with Crippen LogP contribution in [-0.2, 0) is 15.0 Å². The molecule has 1 saturated heterocycles. The van der Waals surface area contributed by atoms with Gasteiger partial charge in [-0.3, -0.25) is 9.78 Å². The number of aldehydes is 1. The first-order valence-electron chi connectivity index (χ1n) is 13.6. The summed E-state index contributed by atoms with van der Waals surface area (Å²) in [6, 6.07) is 10.4. The van der Waals surface area contributed by atoms with Gasteiger partial charge in [0.1, 0.15) is 12.3 Å². The van der Waals surface area contributed by atoms with Crippen LogP contribution in [0.1, 0.15) is 75.6 Å². The fourth-order valence-electron chi connectivity index (χ4n) is 4.91. The van der Waals surface area contributed by atoms with E-state index in [1.54, 1.807) is 18.0 Å². The molecule has 40 heavy (non-hydrogen) atoms. The lowest BCUT2D eigenvalue weighted by Crippen LogP contribution is -2.46. The van der Waals surface area contributed by atoms with E-state index in [9.17, 15) is 23.6 Å². The van der Waals surface area contributed by atoms with Crippen molar-refractivity contribution in [3.8, 4) is 6.07 Å². The van der Waals surface area contributed by atoms with Crippen molar-refractivity contribution >= 4 is 17.9 Å². The Balaban J connectivity index is 0.000000472. The third-order valence-corrected chi connectivity index (χ3v) is 7.41. The number of likely N-dealkylation sites (N-methyl/N-ethyl adjacent to an activating group) is 1. The van der Waals surface area contributed by atoms with E-state index < -0.39 is 12.0 Å². The maximum Gasteiger partial charge on any atom is 0.248 e. The number of amides is 1. The third kappa shape index (κ3) is 8.29. The molecule has 1 amide bonds. The number of aliphatic hydroxyl groups excluding tert-OH is 1. The molecule has 1 aromatic carbocycles. The number of pyridine rings is 1. The van der Waals surface area contributed by atoms with Gasteiger partial charge in [0.25, 0.3) is 0 Å². The molecular weight excluding hydrogens is 516 g/mol. The number of hydrogen-bond acceptors (Lipinski definition) is 7. The number of benzene rings is 1. The molecule has 1 saturated carbocycles. The largest absolute Gasteiger partial charge is 0.392 e. The predicted molar refractivity (Wildman–Crippen MR) is 149 cm³/mol. The highest BCUT2D eigenvalue weighted by Gasteiger charge is 2.37. The molecule has 1 aliphatic carbocycles. The minimum absolute atomic E-state index is 0.00570. The van der Waals surface area contributed by atoms with Gasteiger partial charge in [-0.15, -0.1) is 0 Å². The highest BCUT2D eigenvalue weighted by Crippen LogP contribution is 2.34. The lowest BCUT2D eigenvalue weighted by atomic mass is 9.87. The molecular formula is C30H39F2N5O3. The topological polar surface area (TPSA) is 118 Å². The van der Waals surface area contributed by atoms with Gasteiger partial charge in [0.05, 0.1) is 23.8 Å². The van der Waals surface area contributed by atoms with Gasteiger partial charge in [0.15, 0.2) is 0 Å². The Hall–Kier alpha value is -3.42. The molecule has 8 nitrogen and oxygen atoms in total. The summed E-state index contributed by atoms with van der Waals surface area (Å²) < 4.78 is 27.1. The van der Waals surface area contributed by atoms with Gasteiger partial charge in [-0.05, 0) is 48.4 Å². The van der Waals surface area contributed by atoms with Gasteiger partial charge in [-0.2, -0.15) is 5.26 Å². The van der Waals surface area contributed by atoms with Crippen molar-refractivity contribution in [3.63, 3.8) is 0 Å². The molecule has 10 heteroatoms. The monoisotopic (exact) mass is 555 g/mol. The number of aliphatic hydroxyl groups is 1. The number of anilines is 1. The van der Waals surface area contributed by atoms with Crippen LogP contribution in [0.3, 0.4) is 0 Å². The zero-order valence-corrected chi connectivity index (χ0v) is 23.5. The summed E-state index contributed by atoms with van der Waals surface area (Å²) in [6.45, 7) is 6.95. The van der Waals surface area contributed by atoms with Gasteiger partial charge in [-0.1, -0.05) is 32.9 Å². The van der Waals surface area contributed by atoms with Crippen LogP contribution < -0.4 is 15.5 Å². The van der Waals surface area contributed by atoms with Crippen LogP contribution in [0.5, 0.6) is 0 Å². The number of alkyl halides is 2. The van der Waals surface area contributed by atoms with Crippen LogP contribution in [0.25, 0.3) is 0 Å². The summed E-state index contributed by atoms with van der Waals surface area (Å²) in [7, 11) is 1.79. The Labute approximate surface area is 234 Å². The van der Waals surface area contributed by atoms with E-state index in [-0.39, 0.29) is 55.2 Å². The van der Waals surface area contributed by atoms with Crippen molar-refractivity contribution < 1.29 is 23.5 Å². The summed E-state index contributed by atoms with van der Waals surface area (Å²) in [5.41, 5.74) is 2.80. The minimum Gasteiger partial charge on any atom is -0.392 e. The number of hydrogen-bond donors (Lipinski definition) is 3. The van der Waals surface area contributed by atoms with E-state index >= 15 is 0 Å². The fourth-order valence-corrected chi connectivity index (χ4v) is 4.91. The maximum absolute atomic E-state index is 13.5. The Morgan fingerprint density at radius 2 is 1.90 bits per heavy atom. The van der Waals surface area contributed by atoms with Crippen LogP contribution in [0.2, 0.25) is 0 Å². The third-order valence-electron chi connectivity index (χ3n) is 7.41. The number of halogens is 2. The normalized spacial score (nSPS) is 21.4. The Morgan fingerprint density at radius 3 is 2.40 bits per heavy atom. The number of nitrogens with one attached hydrogen (secondary N) is 2. The lowest BCUT2D eigenvalue weighted by molar-refractivity contribution is -0.124. The van der Waals surface area contributed by atoms with Crippen LogP contribution in [-0.4, -0.2) is 60.0 Å². The van der Waals surface area contributed by atoms with E-state index in [0.29, 0.717) is 24.1 Å². The smallest absolute Gasteiger partial charge is 0.248 e. The number of nitriles is 1. The molecule has 216 valence electrons. The second kappa shape index (κ2) is 13.3. The SMILES string of the molecule is CN(c1ccc(C(C)(C)C)cc1)C(C(=O)NC1CCC(F)(F)CC1)c1cnccc1C#N.O=CC1CC(O)CN1. The molecule has 2 aromatic rings. The summed E-state index contributed by atoms with van der Waals surface area (Å²) in [4.78, 5) is 29.3. The Morgan fingerprint density at radius 1 is 1.25 bits per heavy atom. The number of carbonyl (C=O) groups is 2. The van der Waals surface area contributed by atoms with E-state index in [1.807, 2.05) is 24.3 Å². The second-order valence-corrected chi connectivity index (χ2v) is 11.6. The number of β-amino-alcohol motifs (C(OH)–C–C–N with tert-alkyl or cyclic N) is 1. The predicted octanol–water partition coefficient (Wildman–Crippen LogP) is 4.03. The van der Waals surface area contributed by atoms with Gasteiger partial charge in [-0.25, -0.2) is 8.78 Å². The zero-order valence-electron chi connectivity index (χ0n) is 23.5. The van der Waals surface area contributed by atoms with Crippen LogP contribution in [0, 0.1) is 11.3 Å². The van der Waals surface area contributed by atoms with Crippen molar-refractivity contribution in [2.24, 2.45) is 0 Å². The first-order valence-corrected chi connectivity index (χ1v) is 13.6. The van der Waals surface area contributed by atoms with E-state index in [0.717, 1.165) is 17.5 Å². The van der Waals surface area contributed by atoms with Crippen LogP contribution in [0.15, 0.2) is 42.7 Å². The van der Waals surface area contributed by atoms with E-state index in [4.69, 9.17) is 5.11 Å². The first kappa shape index (κ1) is 31.1. The molecule has 0 radical (unpaired) electrons. The number of aromatic nitrogens is 1. The molecule has 3 atom stereocenters. The molecule has 3 N–H and O–H groups in total. The number of nitrogens with zero attached hydrogens (tertiary/aromatic N) is 3. The number of rotatable bonds is 6. The minimum atomic E-state index is -2.66. The van der Waals surface area contributed by atoms with Gasteiger partial charge < -0.3 is 25.4 Å². The molecule has 2 aliphatic rings. The van der Waals surface area contributed by atoms with Gasteiger partial charge in [0.2, 0.25) is 11.8 Å². The second-order valence-electron chi connectivity index (χ2n) is 11.6. The van der Waals surface area contributed by atoms with Crippen molar-refractivity contribution in [2.75, 3.05) is 18.5 Å². The summed E-state index contributed by atoms with van der Waals surface area (Å²) in [5, 5.41) is 24.2. The van der Waals surface area contributed by atoms with Crippen molar-refractivity contribution in [1.29, 1.82) is 5.26 Å². The molecule has 2 heterocycles.